The second-order valence-corrected chi connectivity index (χ2v) is 10.4. The van der Waals surface area contributed by atoms with E-state index in [4.69, 9.17) is 0 Å². The predicted octanol–water partition coefficient (Wildman–Crippen LogP) is 2.34. The number of carbonyl (C=O) groups excluding carboxylic acids is 2. The first-order valence-corrected chi connectivity index (χ1v) is 12.3. The molecule has 2 amide bonds. The van der Waals surface area contributed by atoms with Crippen LogP contribution in [0.3, 0.4) is 0 Å². The molecule has 1 aromatic heterocycles. The van der Waals surface area contributed by atoms with Crippen LogP contribution < -0.4 is 5.32 Å². The number of hydrogen-bond donors (Lipinski definition) is 1. The van der Waals surface area contributed by atoms with Crippen molar-refractivity contribution in [1.82, 2.24) is 14.2 Å². The number of benzene rings is 1. The largest absolute Gasteiger partial charge is 0.341 e. The Morgan fingerprint density at radius 1 is 1.16 bits per heavy atom. The number of nitrogens with zero attached hydrogens (tertiary/aromatic N) is 3. The van der Waals surface area contributed by atoms with Gasteiger partial charge in [-0.3, -0.25) is 9.59 Å². The second-order valence-electron chi connectivity index (χ2n) is 7.56. The summed E-state index contributed by atoms with van der Waals surface area (Å²) >= 11 is 1.26. The highest BCUT2D eigenvalue weighted by Crippen LogP contribution is 2.20. The third kappa shape index (κ3) is 5.86. The first kappa shape index (κ1) is 23.3. The summed E-state index contributed by atoms with van der Waals surface area (Å²) in [5.74, 6) is -0.948. The third-order valence-corrected chi connectivity index (χ3v) is 7.62. The zero-order chi connectivity index (χ0) is 22.6. The highest BCUT2D eigenvalue weighted by Gasteiger charge is 2.28. The van der Waals surface area contributed by atoms with E-state index in [0.717, 1.165) is 12.1 Å². The van der Waals surface area contributed by atoms with E-state index in [9.17, 15) is 22.4 Å². The summed E-state index contributed by atoms with van der Waals surface area (Å²) in [6, 6.07) is 4.73. The molecule has 0 atom stereocenters. The Kier molecular flexibility index (Phi) is 7.39. The van der Waals surface area contributed by atoms with Crippen molar-refractivity contribution in [2.75, 3.05) is 31.5 Å². The molecule has 1 aliphatic heterocycles. The third-order valence-electron chi connectivity index (χ3n) is 4.90. The zero-order valence-corrected chi connectivity index (χ0v) is 19.0. The number of anilines is 1. The molecule has 3 rings (SSSR count). The van der Waals surface area contributed by atoms with Crippen molar-refractivity contribution in [1.29, 1.82) is 0 Å². The van der Waals surface area contributed by atoms with Crippen LogP contribution in [0.2, 0.25) is 0 Å². The minimum Gasteiger partial charge on any atom is -0.341 e. The van der Waals surface area contributed by atoms with Gasteiger partial charge in [-0.1, -0.05) is 13.8 Å². The molecule has 1 aliphatic rings. The molecular formula is C20H25FN4O4S2. The van der Waals surface area contributed by atoms with Crippen LogP contribution in [0.15, 0.2) is 34.5 Å². The molecule has 31 heavy (non-hydrogen) atoms. The lowest BCUT2D eigenvalue weighted by molar-refractivity contribution is -0.130. The molecule has 0 radical (unpaired) electrons. The van der Waals surface area contributed by atoms with Crippen molar-refractivity contribution in [3.05, 3.63) is 41.2 Å². The lowest BCUT2D eigenvalue weighted by atomic mass is 10.2. The Bertz CT molecular complexity index is 1040. The van der Waals surface area contributed by atoms with Gasteiger partial charge in [-0.05, 0) is 30.7 Å². The van der Waals surface area contributed by atoms with E-state index < -0.39 is 15.8 Å². The van der Waals surface area contributed by atoms with E-state index in [-0.39, 0.29) is 48.7 Å². The van der Waals surface area contributed by atoms with Crippen LogP contribution in [-0.2, 0) is 26.0 Å². The van der Waals surface area contributed by atoms with Gasteiger partial charge in [-0.15, -0.1) is 11.3 Å². The van der Waals surface area contributed by atoms with Gasteiger partial charge in [0.05, 0.1) is 17.0 Å². The van der Waals surface area contributed by atoms with Gasteiger partial charge in [0.15, 0.2) is 5.13 Å². The fourth-order valence-corrected chi connectivity index (χ4v) is 5.28. The number of aromatic nitrogens is 1. The fraction of sp³-hybridized carbons (Fsp3) is 0.450. The lowest BCUT2D eigenvalue weighted by Crippen LogP contribution is -2.38. The van der Waals surface area contributed by atoms with Crippen LogP contribution in [0.4, 0.5) is 9.52 Å². The first-order chi connectivity index (χ1) is 14.7. The van der Waals surface area contributed by atoms with E-state index in [1.54, 1.807) is 24.1 Å². The minimum absolute atomic E-state index is 0.0344. The summed E-state index contributed by atoms with van der Waals surface area (Å²) in [4.78, 5) is 30.4. The SMILES string of the molecule is CC(C)C(=O)Nc1nc(CC(=O)N2CCCN(S(=O)(=O)c3ccc(F)cc3)CC2)cs1. The highest BCUT2D eigenvalue weighted by atomic mass is 32.2. The van der Waals surface area contributed by atoms with Gasteiger partial charge in [0.1, 0.15) is 5.82 Å². The van der Waals surface area contributed by atoms with Crippen molar-refractivity contribution in [2.24, 2.45) is 5.92 Å². The molecule has 1 saturated heterocycles. The molecule has 11 heteroatoms. The van der Waals surface area contributed by atoms with Crippen LogP contribution in [0, 0.1) is 11.7 Å². The van der Waals surface area contributed by atoms with Gasteiger partial charge < -0.3 is 10.2 Å². The monoisotopic (exact) mass is 468 g/mol. The number of sulfonamides is 1. The standard InChI is InChI=1S/C20H25FN4O4S2/c1-14(2)19(27)23-20-22-16(13-30-20)12-18(26)24-8-3-9-25(11-10-24)31(28,29)17-6-4-15(21)5-7-17/h4-7,13-14H,3,8-12H2,1-2H3,(H,22,23,27). The maximum atomic E-state index is 13.1. The average Bonchev–Trinajstić information content (AvgIpc) is 2.99. The number of amides is 2. The van der Waals surface area contributed by atoms with Crippen LogP contribution in [0.1, 0.15) is 26.0 Å². The summed E-state index contributed by atoms with van der Waals surface area (Å²) < 4.78 is 40.1. The highest BCUT2D eigenvalue weighted by molar-refractivity contribution is 7.89. The van der Waals surface area contributed by atoms with E-state index in [2.05, 4.69) is 10.3 Å². The molecule has 0 aliphatic carbocycles. The number of thiazole rings is 1. The van der Waals surface area contributed by atoms with Gasteiger partial charge in [-0.25, -0.2) is 17.8 Å². The Morgan fingerprint density at radius 3 is 2.55 bits per heavy atom. The zero-order valence-electron chi connectivity index (χ0n) is 17.4. The predicted molar refractivity (Wildman–Crippen MR) is 116 cm³/mol. The van der Waals surface area contributed by atoms with Crippen molar-refractivity contribution >= 4 is 38.3 Å². The minimum atomic E-state index is -3.75. The number of carbonyl (C=O) groups is 2. The van der Waals surface area contributed by atoms with E-state index >= 15 is 0 Å². The summed E-state index contributed by atoms with van der Waals surface area (Å²) in [7, 11) is -3.75. The summed E-state index contributed by atoms with van der Waals surface area (Å²) in [5, 5.41) is 4.90. The maximum Gasteiger partial charge on any atom is 0.243 e. The molecule has 0 unspecified atom stereocenters. The van der Waals surface area contributed by atoms with Crippen LogP contribution in [0.25, 0.3) is 0 Å². The number of nitrogens with one attached hydrogen (secondary N) is 1. The smallest absolute Gasteiger partial charge is 0.243 e. The Hall–Kier alpha value is -2.37. The lowest BCUT2D eigenvalue weighted by Gasteiger charge is -2.22. The molecule has 1 N–H and O–H groups in total. The molecule has 0 saturated carbocycles. The molecule has 168 valence electrons. The molecule has 0 bridgehead atoms. The topological polar surface area (TPSA) is 99.7 Å². The van der Waals surface area contributed by atoms with Crippen LogP contribution in [0.5, 0.6) is 0 Å². The first-order valence-electron chi connectivity index (χ1n) is 9.95. The Morgan fingerprint density at radius 2 is 1.87 bits per heavy atom. The van der Waals surface area contributed by atoms with Crippen molar-refractivity contribution in [3.63, 3.8) is 0 Å². The average molecular weight is 469 g/mol. The molecule has 0 spiro atoms. The second kappa shape index (κ2) is 9.84. The molecule has 1 fully saturated rings. The summed E-state index contributed by atoms with van der Waals surface area (Å²) in [6.45, 7) is 4.72. The quantitative estimate of drug-likeness (QED) is 0.702. The van der Waals surface area contributed by atoms with E-state index in [1.165, 1.54) is 27.8 Å². The van der Waals surface area contributed by atoms with Gasteiger partial charge in [0.25, 0.3) is 0 Å². The van der Waals surface area contributed by atoms with Gasteiger partial charge in [0, 0.05) is 37.5 Å². The molecule has 8 nitrogen and oxygen atoms in total. The van der Waals surface area contributed by atoms with Gasteiger partial charge in [0.2, 0.25) is 21.8 Å². The van der Waals surface area contributed by atoms with Crippen molar-refractivity contribution in [3.8, 4) is 0 Å². The van der Waals surface area contributed by atoms with Gasteiger partial charge in [-0.2, -0.15) is 4.31 Å². The number of hydrogen-bond acceptors (Lipinski definition) is 6. The van der Waals surface area contributed by atoms with E-state index in [1.807, 2.05) is 0 Å². The number of halogens is 1. The van der Waals surface area contributed by atoms with Gasteiger partial charge >= 0.3 is 0 Å². The molecule has 2 aromatic rings. The van der Waals surface area contributed by atoms with Crippen LogP contribution in [-0.4, -0.2) is 60.6 Å². The fourth-order valence-electron chi connectivity index (χ4n) is 3.10. The van der Waals surface area contributed by atoms with Crippen LogP contribution >= 0.6 is 11.3 Å². The Balaban J connectivity index is 1.59. The normalized spacial score (nSPS) is 15.7. The Labute approximate surface area is 185 Å². The van der Waals surface area contributed by atoms with Crippen molar-refractivity contribution in [2.45, 2.75) is 31.6 Å². The molecule has 1 aromatic carbocycles. The summed E-state index contributed by atoms with van der Waals surface area (Å²) in [5.41, 5.74) is 0.564. The van der Waals surface area contributed by atoms with Crippen molar-refractivity contribution < 1.29 is 22.4 Å². The molecular weight excluding hydrogens is 443 g/mol. The van der Waals surface area contributed by atoms with E-state index in [0.29, 0.717) is 23.8 Å². The number of rotatable bonds is 6. The maximum absolute atomic E-state index is 13.1. The summed E-state index contributed by atoms with van der Waals surface area (Å²) in [6.07, 6.45) is 0.581. The molecule has 2 heterocycles.